The minimum Gasteiger partial charge on any atom is -0.480 e. The molecule has 0 bridgehead atoms. The number of nitrogens with zero attached hydrogens (tertiary/aromatic N) is 3. The van der Waals surface area contributed by atoms with Crippen molar-refractivity contribution in [1.29, 1.82) is 0 Å². The lowest BCUT2D eigenvalue weighted by atomic mass is 9.95. The second kappa shape index (κ2) is 9.43. The molecule has 0 spiro atoms. The molecule has 11 nitrogen and oxygen atoms in total. The number of amides is 1. The van der Waals surface area contributed by atoms with Gasteiger partial charge in [0.2, 0.25) is 11.6 Å². The van der Waals surface area contributed by atoms with E-state index in [9.17, 15) is 4.79 Å². The van der Waals surface area contributed by atoms with E-state index in [0.29, 0.717) is 18.7 Å². The van der Waals surface area contributed by atoms with Crippen molar-refractivity contribution in [2.24, 2.45) is 10.7 Å². The van der Waals surface area contributed by atoms with Crippen LogP contribution in [-0.4, -0.2) is 67.1 Å². The summed E-state index contributed by atoms with van der Waals surface area (Å²) in [6, 6.07) is 4.18. The summed E-state index contributed by atoms with van der Waals surface area (Å²) in [7, 11) is 5.88. The Morgan fingerprint density at radius 1 is 1.21 bits per heavy atom. The van der Waals surface area contributed by atoms with Crippen LogP contribution in [0, 0.1) is 5.82 Å². The summed E-state index contributed by atoms with van der Waals surface area (Å²) in [5.74, 6) is -0.753. The zero-order valence-corrected chi connectivity index (χ0v) is 20.1. The lowest BCUT2D eigenvalue weighted by Gasteiger charge is -2.50. The average Bonchev–Trinajstić information content (AvgIpc) is 3.36. The van der Waals surface area contributed by atoms with E-state index in [1.165, 1.54) is 59.0 Å². The second-order valence-corrected chi connectivity index (χ2v) is 9.83. The fourth-order valence-electron chi connectivity index (χ4n) is 4.32. The number of ether oxygens (including phenoxy) is 4. The molecule has 2 aromatic rings. The lowest BCUT2D eigenvalue weighted by molar-refractivity contribution is -0.0956. The second-order valence-electron chi connectivity index (χ2n) is 7.56. The molecule has 0 saturated carbocycles. The average molecular weight is 495 g/mol. The quantitative estimate of drug-likeness (QED) is 0.331. The predicted molar refractivity (Wildman–Crippen MR) is 125 cm³/mol. The molecule has 1 amide bonds. The molecule has 2 aliphatic rings. The topological polar surface area (TPSA) is 142 Å². The maximum atomic E-state index is 15.3. The van der Waals surface area contributed by atoms with Crippen LogP contribution in [0.4, 0.5) is 10.1 Å². The third-order valence-electron chi connectivity index (χ3n) is 5.94. The molecule has 13 heteroatoms. The summed E-state index contributed by atoms with van der Waals surface area (Å²) in [6.45, 7) is 0.632. The Bertz CT molecular complexity index is 1100. The number of carbonyl (C=O) groups is 1. The van der Waals surface area contributed by atoms with E-state index in [1.54, 1.807) is 0 Å². The maximum absolute atomic E-state index is 15.3. The Labute approximate surface area is 198 Å². The van der Waals surface area contributed by atoms with Crippen molar-refractivity contribution in [2.75, 3.05) is 40.3 Å². The molecule has 34 heavy (non-hydrogen) atoms. The fourth-order valence-corrected chi connectivity index (χ4v) is 7.26. The molecule has 1 aromatic heterocycles. The Morgan fingerprint density at radius 3 is 2.59 bits per heavy atom. The van der Waals surface area contributed by atoms with Gasteiger partial charge in [-0.15, -0.1) is 11.1 Å². The molecule has 0 aliphatic carbocycles. The molecule has 3 heterocycles. The molecule has 1 saturated heterocycles. The number of anilines is 1. The summed E-state index contributed by atoms with van der Waals surface area (Å²) in [6.07, 6.45) is 3.24. The van der Waals surface area contributed by atoms with Crippen molar-refractivity contribution >= 4 is 28.5 Å². The van der Waals surface area contributed by atoms with Gasteiger partial charge in [-0.25, -0.2) is 19.4 Å². The molecule has 3 atom stereocenters. The van der Waals surface area contributed by atoms with Gasteiger partial charge < -0.3 is 30.0 Å². The first-order chi connectivity index (χ1) is 16.3. The van der Waals surface area contributed by atoms with Crippen LogP contribution in [0.15, 0.2) is 35.6 Å². The molecule has 1 aromatic carbocycles. The van der Waals surface area contributed by atoms with Gasteiger partial charge in [-0.3, -0.25) is 9.52 Å². The summed E-state index contributed by atoms with van der Waals surface area (Å²) in [4.78, 5) is 25.3. The highest BCUT2D eigenvalue weighted by molar-refractivity contribution is 8.17. The molecular formula is C21H27FN6O5S. The van der Waals surface area contributed by atoms with Crippen LogP contribution >= 0.6 is 11.1 Å². The number of rotatable bonds is 7. The van der Waals surface area contributed by atoms with Crippen molar-refractivity contribution in [3.63, 3.8) is 0 Å². The molecule has 2 aliphatic heterocycles. The van der Waals surface area contributed by atoms with Crippen LogP contribution in [-0.2, 0) is 19.9 Å². The Hall–Kier alpha value is -2.84. The number of benzene rings is 1. The number of nitrogens with two attached hydrogens (primary N) is 1. The van der Waals surface area contributed by atoms with Gasteiger partial charge in [-0.1, -0.05) is 0 Å². The van der Waals surface area contributed by atoms with Crippen LogP contribution < -0.4 is 20.5 Å². The van der Waals surface area contributed by atoms with E-state index in [4.69, 9.17) is 24.7 Å². The number of methoxy groups -OCH3 is 4. The summed E-state index contributed by atoms with van der Waals surface area (Å²) >= 11 is -1.26. The van der Waals surface area contributed by atoms with Crippen LogP contribution in [0.1, 0.15) is 22.5 Å². The minimum absolute atomic E-state index is 0.0402. The van der Waals surface area contributed by atoms with Crippen molar-refractivity contribution in [2.45, 2.75) is 22.5 Å². The number of carbonyl (C=O) groups excluding carboxylic acids is 1. The zero-order valence-electron chi connectivity index (χ0n) is 19.2. The summed E-state index contributed by atoms with van der Waals surface area (Å²) in [5, 5.41) is 1.14. The summed E-state index contributed by atoms with van der Waals surface area (Å²) < 4.78 is 40.8. The maximum Gasteiger partial charge on any atom is 0.275 e. The van der Waals surface area contributed by atoms with Crippen LogP contribution in [0.5, 0.6) is 5.88 Å². The van der Waals surface area contributed by atoms with Crippen molar-refractivity contribution in [3.05, 3.63) is 47.7 Å². The van der Waals surface area contributed by atoms with Gasteiger partial charge in [-0.05, 0) is 24.6 Å². The van der Waals surface area contributed by atoms with Crippen molar-refractivity contribution < 1.29 is 28.1 Å². The normalized spacial score (nSPS) is 26.4. The first-order valence-corrected chi connectivity index (χ1v) is 11.8. The van der Waals surface area contributed by atoms with Gasteiger partial charge >= 0.3 is 0 Å². The standard InChI is InChI=1S/C21H27FN6O5S/c1-30-17-11-24-15(10-25-17)18(29)27-12-5-6-14(22)13(9-12)20(31-2)16-7-8-26-34(16)21(32-3,33-4)19(23)28-20/h5-6,9-11,16,26,34H,7-8H2,1-4H3,(H2,23,28)(H,27,29)/t16-,20+/m0/s1. The van der Waals surface area contributed by atoms with E-state index in [2.05, 4.69) is 25.0 Å². The smallest absolute Gasteiger partial charge is 0.275 e. The fraction of sp³-hybridized carbons (Fsp3) is 0.429. The SMILES string of the molecule is COc1cnc(C(=O)Nc2ccc(F)c([C@]3(OC)N=C(N)C(OC)(OC)[SH]4NCC[C@H]43)c2)cn1. The van der Waals surface area contributed by atoms with Crippen molar-refractivity contribution in [1.82, 2.24) is 14.7 Å². The zero-order chi connectivity index (χ0) is 24.5. The number of aliphatic imine (C=N–C) groups is 1. The van der Waals surface area contributed by atoms with Gasteiger partial charge in [0, 0.05) is 39.1 Å². The number of aromatic nitrogens is 2. The van der Waals surface area contributed by atoms with E-state index in [0.717, 1.165) is 0 Å². The summed E-state index contributed by atoms with van der Waals surface area (Å²) in [5.41, 5.74) is 5.42. The van der Waals surface area contributed by atoms with E-state index in [-0.39, 0.29) is 28.2 Å². The molecule has 1 unspecified atom stereocenters. The van der Waals surface area contributed by atoms with Crippen molar-refractivity contribution in [3.8, 4) is 5.88 Å². The van der Waals surface area contributed by atoms with Crippen LogP contribution in [0.2, 0.25) is 0 Å². The van der Waals surface area contributed by atoms with Gasteiger partial charge in [-0.2, -0.15) is 0 Å². The number of halogens is 1. The molecule has 4 rings (SSSR count). The van der Waals surface area contributed by atoms with Gasteiger partial charge in [0.1, 0.15) is 11.5 Å². The van der Waals surface area contributed by atoms with E-state index in [1.807, 2.05) is 0 Å². The monoisotopic (exact) mass is 494 g/mol. The highest BCUT2D eigenvalue weighted by Gasteiger charge is 2.60. The molecule has 4 N–H and O–H groups in total. The Balaban J connectivity index is 1.73. The predicted octanol–water partition coefficient (Wildman–Crippen LogP) is 1.27. The highest BCUT2D eigenvalue weighted by Crippen LogP contribution is 2.59. The molecule has 1 fully saturated rings. The number of thiol groups is 1. The Morgan fingerprint density at radius 2 is 1.97 bits per heavy atom. The highest BCUT2D eigenvalue weighted by atomic mass is 32.2. The lowest BCUT2D eigenvalue weighted by Crippen LogP contribution is -2.59. The first-order valence-electron chi connectivity index (χ1n) is 10.4. The van der Waals surface area contributed by atoms with E-state index >= 15 is 4.39 Å². The number of hydrogen-bond donors (Lipinski definition) is 4. The van der Waals surface area contributed by atoms with Crippen LogP contribution in [0.3, 0.4) is 0 Å². The van der Waals surface area contributed by atoms with Gasteiger partial charge in [0.05, 0.1) is 24.8 Å². The third-order valence-corrected chi connectivity index (χ3v) is 8.96. The number of fused-ring (bicyclic) bond motifs is 1. The van der Waals surface area contributed by atoms with Crippen LogP contribution in [0.25, 0.3) is 0 Å². The van der Waals surface area contributed by atoms with E-state index < -0.39 is 33.6 Å². The Kier molecular flexibility index (Phi) is 6.73. The number of hydrogen-bond acceptors (Lipinski definition) is 10. The third kappa shape index (κ3) is 3.79. The molecule has 184 valence electrons. The van der Waals surface area contributed by atoms with Gasteiger partial charge in [0.25, 0.3) is 11.0 Å². The number of amidine groups is 1. The largest absolute Gasteiger partial charge is 0.480 e. The molecule has 0 radical (unpaired) electrons. The first kappa shape index (κ1) is 24.3. The minimum atomic E-state index is -1.44. The molecular weight excluding hydrogens is 467 g/mol. The number of nitrogens with one attached hydrogen (secondary N) is 2. The van der Waals surface area contributed by atoms with Gasteiger partial charge in [0.15, 0.2) is 5.84 Å².